The predicted molar refractivity (Wildman–Crippen MR) is 177 cm³/mol. The summed E-state index contributed by atoms with van der Waals surface area (Å²) in [5.41, 5.74) is -0.811. The number of carbonyl (C=O) groups is 3. The van der Waals surface area contributed by atoms with Gasteiger partial charge in [0.05, 0.1) is 40.8 Å². The number of rotatable bonds is 8. The second kappa shape index (κ2) is 13.3. The highest BCUT2D eigenvalue weighted by Crippen LogP contribution is 2.47. The molecule has 2 aromatic rings. The van der Waals surface area contributed by atoms with Crippen LogP contribution >= 0.6 is 15.9 Å². The molecule has 47 heavy (non-hydrogen) atoms. The SMILES string of the molecule is CCOc1cc(OC2CC3C(=O)NC4(C(=O)NS(=O)(=O)C5CC5)CC4C=CCCCCN(C)C(=O)C3C2)c2ccc(OC)c(Br)c2n1. The fraction of sp³-hybridized carbons (Fsp3) is 0.576. The van der Waals surface area contributed by atoms with Crippen molar-refractivity contribution in [3.8, 4) is 17.4 Å². The number of ether oxygens (including phenoxy) is 3. The third-order valence-electron chi connectivity index (χ3n) is 9.63. The number of benzene rings is 1. The molecule has 6 rings (SSSR count). The number of nitrogens with one attached hydrogen (secondary N) is 2. The number of aromatic nitrogens is 1. The summed E-state index contributed by atoms with van der Waals surface area (Å²) < 4.78 is 46.0. The monoisotopic (exact) mass is 732 g/mol. The summed E-state index contributed by atoms with van der Waals surface area (Å²) in [6, 6.07) is 5.35. The highest BCUT2D eigenvalue weighted by molar-refractivity contribution is 9.10. The fourth-order valence-corrected chi connectivity index (χ4v) is 8.69. The van der Waals surface area contributed by atoms with Crippen molar-refractivity contribution in [3.05, 3.63) is 34.8 Å². The lowest BCUT2D eigenvalue weighted by Gasteiger charge is -2.26. The number of halogens is 1. The Hall–Kier alpha value is -3.39. The van der Waals surface area contributed by atoms with Gasteiger partial charge < -0.3 is 24.4 Å². The van der Waals surface area contributed by atoms with Crippen LogP contribution in [0.3, 0.4) is 0 Å². The van der Waals surface area contributed by atoms with Crippen LogP contribution in [0.2, 0.25) is 0 Å². The molecule has 0 saturated heterocycles. The molecule has 3 saturated carbocycles. The van der Waals surface area contributed by atoms with Gasteiger partial charge in [0.2, 0.25) is 27.7 Å². The van der Waals surface area contributed by atoms with E-state index in [0.717, 1.165) is 19.3 Å². The molecule has 5 atom stereocenters. The number of hydrogen-bond acceptors (Lipinski definition) is 9. The summed E-state index contributed by atoms with van der Waals surface area (Å²) in [4.78, 5) is 47.8. The molecular weight excluding hydrogens is 692 g/mol. The molecule has 1 aromatic heterocycles. The minimum Gasteiger partial charge on any atom is -0.495 e. The maximum atomic E-state index is 14.1. The van der Waals surface area contributed by atoms with Crippen LogP contribution in [0.5, 0.6) is 17.4 Å². The van der Waals surface area contributed by atoms with Crippen molar-refractivity contribution in [2.45, 2.75) is 75.2 Å². The van der Waals surface area contributed by atoms with E-state index >= 15 is 0 Å². The minimum absolute atomic E-state index is 0.159. The topological polar surface area (TPSA) is 153 Å². The Bertz CT molecular complexity index is 1710. The lowest BCUT2D eigenvalue weighted by Crippen LogP contribution is -2.54. The number of allylic oxidation sites excluding steroid dienone is 1. The van der Waals surface area contributed by atoms with Crippen LogP contribution < -0.4 is 24.2 Å². The van der Waals surface area contributed by atoms with Gasteiger partial charge in [0.1, 0.15) is 23.1 Å². The first kappa shape index (κ1) is 33.5. The van der Waals surface area contributed by atoms with E-state index in [1.165, 1.54) is 0 Å². The Balaban J connectivity index is 1.30. The normalized spacial score (nSPS) is 28.1. The van der Waals surface area contributed by atoms with Crippen molar-refractivity contribution in [1.82, 2.24) is 19.9 Å². The van der Waals surface area contributed by atoms with Crippen LogP contribution in [0.4, 0.5) is 0 Å². The number of amides is 3. The molecule has 2 N–H and O–H groups in total. The van der Waals surface area contributed by atoms with Crippen molar-refractivity contribution in [2.24, 2.45) is 17.8 Å². The highest BCUT2D eigenvalue weighted by Gasteiger charge is 2.62. The zero-order valence-electron chi connectivity index (χ0n) is 26.8. The third kappa shape index (κ3) is 6.81. The highest BCUT2D eigenvalue weighted by atomic mass is 79.9. The number of sulfonamides is 1. The van der Waals surface area contributed by atoms with Crippen LogP contribution in [0.15, 0.2) is 34.8 Å². The van der Waals surface area contributed by atoms with E-state index in [0.29, 0.717) is 58.7 Å². The van der Waals surface area contributed by atoms with Crippen molar-refractivity contribution in [1.29, 1.82) is 0 Å². The van der Waals surface area contributed by atoms with Gasteiger partial charge in [-0.3, -0.25) is 19.1 Å². The minimum atomic E-state index is -3.82. The van der Waals surface area contributed by atoms with Gasteiger partial charge in [0.25, 0.3) is 5.91 Å². The van der Waals surface area contributed by atoms with Gasteiger partial charge in [-0.25, -0.2) is 13.4 Å². The molecule has 5 unspecified atom stereocenters. The summed E-state index contributed by atoms with van der Waals surface area (Å²) in [6.07, 6.45) is 7.55. The maximum Gasteiger partial charge on any atom is 0.259 e. The second-order valence-corrected chi connectivity index (χ2v) is 15.7. The van der Waals surface area contributed by atoms with E-state index in [-0.39, 0.29) is 31.1 Å². The first-order valence-electron chi connectivity index (χ1n) is 16.2. The van der Waals surface area contributed by atoms with Gasteiger partial charge in [0.15, 0.2) is 0 Å². The predicted octanol–water partition coefficient (Wildman–Crippen LogP) is 3.86. The van der Waals surface area contributed by atoms with Crippen LogP contribution in [-0.2, 0) is 24.4 Å². The quantitative estimate of drug-likeness (QED) is 0.386. The molecule has 3 amide bonds. The molecule has 4 aliphatic rings. The fourth-order valence-electron chi connectivity index (χ4n) is 6.73. The Kier molecular flexibility index (Phi) is 9.45. The van der Waals surface area contributed by atoms with Gasteiger partial charge in [0, 0.05) is 31.0 Å². The van der Waals surface area contributed by atoms with E-state index in [1.807, 2.05) is 25.1 Å². The van der Waals surface area contributed by atoms with E-state index < -0.39 is 50.6 Å². The van der Waals surface area contributed by atoms with Crippen molar-refractivity contribution >= 4 is 54.6 Å². The smallest absolute Gasteiger partial charge is 0.259 e. The van der Waals surface area contributed by atoms with Gasteiger partial charge in [-0.1, -0.05) is 12.2 Å². The number of nitrogens with zero attached hydrogens (tertiary/aromatic N) is 2. The van der Waals surface area contributed by atoms with E-state index in [2.05, 4.69) is 31.0 Å². The van der Waals surface area contributed by atoms with Crippen molar-refractivity contribution in [3.63, 3.8) is 0 Å². The van der Waals surface area contributed by atoms with Crippen LogP contribution in [0.25, 0.3) is 10.9 Å². The zero-order valence-corrected chi connectivity index (χ0v) is 29.2. The second-order valence-electron chi connectivity index (χ2n) is 12.9. The molecule has 0 radical (unpaired) electrons. The Morgan fingerprint density at radius 1 is 1.17 bits per heavy atom. The molecule has 3 fully saturated rings. The molecule has 1 aliphatic heterocycles. The van der Waals surface area contributed by atoms with Gasteiger partial charge in [-0.15, -0.1) is 0 Å². The van der Waals surface area contributed by atoms with E-state index in [9.17, 15) is 22.8 Å². The number of fused-ring (bicyclic) bond motifs is 3. The maximum absolute atomic E-state index is 14.1. The number of pyridine rings is 1. The van der Waals surface area contributed by atoms with Gasteiger partial charge >= 0.3 is 0 Å². The zero-order chi connectivity index (χ0) is 33.5. The summed E-state index contributed by atoms with van der Waals surface area (Å²) in [6.45, 7) is 2.80. The Morgan fingerprint density at radius 2 is 1.94 bits per heavy atom. The van der Waals surface area contributed by atoms with Crippen LogP contribution in [-0.4, -0.2) is 80.2 Å². The largest absolute Gasteiger partial charge is 0.495 e. The van der Waals surface area contributed by atoms with E-state index in [4.69, 9.17) is 14.2 Å². The van der Waals surface area contributed by atoms with Crippen molar-refractivity contribution < 1.29 is 37.0 Å². The molecule has 0 spiro atoms. The summed E-state index contributed by atoms with van der Waals surface area (Å²) >= 11 is 3.58. The molecule has 1 aromatic carbocycles. The third-order valence-corrected chi connectivity index (χ3v) is 12.2. The number of methoxy groups -OCH3 is 1. The molecule has 14 heteroatoms. The lowest BCUT2D eigenvalue weighted by molar-refractivity contribution is -0.140. The van der Waals surface area contributed by atoms with Crippen LogP contribution in [0.1, 0.15) is 58.3 Å². The standard InChI is InChI=1S/C33H41BrN4O8S/c1-4-45-27-17-26(22-12-13-25(44-3)28(34)29(22)35-27)46-20-15-23-24(16-20)31(40)38(2)14-8-6-5-7-9-19-18-33(19,36-30(23)39)32(41)37-47(42,43)21-10-11-21/h7,9,12-13,17,19-21,23-24H,4-6,8,10-11,14-16,18H2,1-3H3,(H,36,39)(H,37,41). The number of hydrogen-bond donors (Lipinski definition) is 2. The molecule has 3 aliphatic carbocycles. The molecule has 254 valence electrons. The van der Waals surface area contributed by atoms with Gasteiger partial charge in [-0.2, -0.15) is 0 Å². The molecule has 2 heterocycles. The molecule has 12 nitrogen and oxygen atoms in total. The first-order valence-corrected chi connectivity index (χ1v) is 18.6. The van der Waals surface area contributed by atoms with Gasteiger partial charge in [-0.05, 0) is 86.4 Å². The molecule has 0 bridgehead atoms. The van der Waals surface area contributed by atoms with Crippen LogP contribution in [0, 0.1) is 17.8 Å². The average Bonchev–Trinajstić information content (AvgIpc) is 3.96. The first-order chi connectivity index (χ1) is 22.5. The van der Waals surface area contributed by atoms with E-state index in [1.54, 1.807) is 31.2 Å². The summed E-state index contributed by atoms with van der Waals surface area (Å²) in [7, 11) is -0.503. The summed E-state index contributed by atoms with van der Waals surface area (Å²) in [5, 5.41) is 3.05. The molecular formula is C33H41BrN4O8S. The number of carbonyl (C=O) groups excluding carboxylic acids is 3. The van der Waals surface area contributed by atoms with Crippen molar-refractivity contribution in [2.75, 3.05) is 27.3 Å². The lowest BCUT2D eigenvalue weighted by atomic mass is 9.93. The Morgan fingerprint density at radius 3 is 2.66 bits per heavy atom. The summed E-state index contributed by atoms with van der Waals surface area (Å²) in [5.74, 6) is -1.73. The average molecular weight is 734 g/mol. The Labute approximate surface area is 283 Å².